The number of amides is 2. The Morgan fingerprint density at radius 2 is 1.82 bits per heavy atom. The summed E-state index contributed by atoms with van der Waals surface area (Å²) in [6, 6.07) is 3.82. The van der Waals surface area contributed by atoms with E-state index < -0.39 is 17.5 Å². The fraction of sp³-hybridized carbons (Fsp3) is 0.667. The van der Waals surface area contributed by atoms with Crippen LogP contribution in [0.5, 0.6) is 0 Å². The van der Waals surface area contributed by atoms with Crippen LogP contribution in [0.15, 0.2) is 24.4 Å². The minimum absolute atomic E-state index is 0.000535. The molecule has 0 spiro atoms. The first-order valence-electron chi connectivity index (χ1n) is 14.3. The van der Waals surface area contributed by atoms with E-state index in [0.29, 0.717) is 52.5 Å². The summed E-state index contributed by atoms with van der Waals surface area (Å²) in [5, 5.41) is 6.91. The zero-order chi connectivity index (χ0) is 29.3. The minimum atomic E-state index is -0.637. The molecule has 0 bridgehead atoms. The number of fused-ring (bicyclic) bond motifs is 1. The molecule has 1 aliphatic rings. The van der Waals surface area contributed by atoms with Gasteiger partial charge in [0.05, 0.1) is 44.6 Å². The van der Waals surface area contributed by atoms with Crippen LogP contribution >= 0.6 is 0 Å². The predicted octanol–water partition coefficient (Wildman–Crippen LogP) is 3.13. The van der Waals surface area contributed by atoms with Crippen LogP contribution in [-0.2, 0) is 36.8 Å². The second kappa shape index (κ2) is 14.9. The topological polar surface area (TPSA) is 94.1 Å². The summed E-state index contributed by atoms with van der Waals surface area (Å²) in [4.78, 5) is 28.5. The quantitative estimate of drug-likeness (QED) is 0.324. The van der Waals surface area contributed by atoms with Crippen LogP contribution in [0.25, 0.3) is 10.9 Å². The highest BCUT2D eigenvalue weighted by Gasteiger charge is 2.40. The molecule has 1 saturated heterocycles. The van der Waals surface area contributed by atoms with Gasteiger partial charge in [0.2, 0.25) is 11.8 Å². The predicted molar refractivity (Wildman–Crippen MR) is 154 cm³/mol. The summed E-state index contributed by atoms with van der Waals surface area (Å²) < 4.78 is 32.4. The van der Waals surface area contributed by atoms with Crippen LogP contribution in [0, 0.1) is 11.2 Å². The Morgan fingerprint density at radius 3 is 2.50 bits per heavy atom. The highest BCUT2D eigenvalue weighted by molar-refractivity contribution is 5.90. The smallest absolute Gasteiger partial charge is 0.245 e. The van der Waals surface area contributed by atoms with Crippen molar-refractivity contribution in [3.05, 3.63) is 35.8 Å². The molecular formula is C30H47FN4O5. The van der Waals surface area contributed by atoms with E-state index in [2.05, 4.69) is 16.8 Å². The van der Waals surface area contributed by atoms with Gasteiger partial charge in [0.15, 0.2) is 0 Å². The number of benzene rings is 1. The van der Waals surface area contributed by atoms with Crippen molar-refractivity contribution in [1.29, 1.82) is 0 Å². The zero-order valence-corrected chi connectivity index (χ0v) is 24.9. The number of carbonyl (C=O) groups is 2. The van der Waals surface area contributed by atoms with Crippen molar-refractivity contribution in [2.24, 2.45) is 5.41 Å². The lowest BCUT2D eigenvalue weighted by Crippen LogP contribution is -2.58. The molecule has 1 fully saturated rings. The van der Waals surface area contributed by atoms with Crippen molar-refractivity contribution in [2.45, 2.75) is 71.6 Å². The summed E-state index contributed by atoms with van der Waals surface area (Å²) in [5.41, 5.74) is 1.44. The second-order valence-electron chi connectivity index (χ2n) is 11.6. The molecule has 2 aromatic rings. The summed E-state index contributed by atoms with van der Waals surface area (Å²) in [5.74, 6) is -0.536. The van der Waals surface area contributed by atoms with Crippen molar-refractivity contribution < 1.29 is 28.2 Å². The molecule has 1 aliphatic heterocycles. The number of rotatable bonds is 15. The van der Waals surface area contributed by atoms with E-state index >= 15 is 0 Å². The standard InChI is InChI=1S/C30H47FN4O5/c1-21(32-5)28(36)33-27(30(2,3)4)29(37)35-11-7-8-24(35)18-22-20-34(26-19-23(31)9-10-25(22)26)12-13-39-16-17-40-15-14-38-6/h9-10,19-21,24,27,32H,7-8,11-18H2,1-6H3,(H,33,36)/t21-,24-,27+/m0/s1. The maximum atomic E-state index is 14.2. The van der Waals surface area contributed by atoms with Crippen LogP contribution in [0.1, 0.15) is 46.1 Å². The third kappa shape index (κ3) is 8.49. The first-order valence-corrected chi connectivity index (χ1v) is 14.3. The van der Waals surface area contributed by atoms with E-state index in [9.17, 15) is 14.0 Å². The van der Waals surface area contributed by atoms with Crippen molar-refractivity contribution in [3.8, 4) is 0 Å². The Labute approximate surface area is 237 Å². The van der Waals surface area contributed by atoms with E-state index in [-0.39, 0.29) is 23.7 Å². The molecule has 0 unspecified atom stereocenters. The van der Waals surface area contributed by atoms with Crippen molar-refractivity contribution >= 4 is 22.7 Å². The fourth-order valence-corrected chi connectivity index (χ4v) is 5.12. The van der Waals surface area contributed by atoms with Gasteiger partial charge in [-0.25, -0.2) is 4.39 Å². The van der Waals surface area contributed by atoms with Crippen LogP contribution in [0.4, 0.5) is 4.39 Å². The first-order chi connectivity index (χ1) is 19.1. The molecule has 9 nitrogen and oxygen atoms in total. The van der Waals surface area contributed by atoms with Crippen LogP contribution < -0.4 is 10.6 Å². The molecule has 0 aliphatic carbocycles. The van der Waals surface area contributed by atoms with E-state index in [0.717, 1.165) is 29.3 Å². The summed E-state index contributed by atoms with van der Waals surface area (Å²) in [7, 11) is 3.36. The fourth-order valence-electron chi connectivity index (χ4n) is 5.12. The number of methoxy groups -OCH3 is 1. The van der Waals surface area contributed by atoms with Gasteiger partial charge in [0, 0.05) is 37.8 Å². The lowest BCUT2D eigenvalue weighted by Gasteiger charge is -2.36. The molecule has 0 saturated carbocycles. The molecule has 2 heterocycles. The molecule has 1 aromatic heterocycles. The Balaban J connectivity index is 1.72. The van der Waals surface area contributed by atoms with Gasteiger partial charge in [-0.15, -0.1) is 0 Å². The average Bonchev–Trinajstić information content (AvgIpc) is 3.51. The average molecular weight is 563 g/mol. The molecule has 2 amide bonds. The number of likely N-dealkylation sites (N-methyl/N-ethyl adjacent to an activating group) is 1. The van der Waals surface area contributed by atoms with Gasteiger partial charge < -0.3 is 34.3 Å². The molecule has 40 heavy (non-hydrogen) atoms. The third-order valence-corrected chi connectivity index (χ3v) is 7.55. The lowest BCUT2D eigenvalue weighted by molar-refractivity contribution is -0.140. The number of halogens is 1. The van der Waals surface area contributed by atoms with Gasteiger partial charge in [0.1, 0.15) is 11.9 Å². The molecule has 10 heteroatoms. The maximum Gasteiger partial charge on any atom is 0.245 e. The SMILES string of the molecule is CN[C@@H](C)C(=O)N[C@H](C(=O)N1CCC[C@H]1Cc1cn(CCOCCOCCOC)c2cc(F)ccc12)C(C)(C)C. The number of likely N-dealkylation sites (tertiary alicyclic amines) is 1. The van der Waals surface area contributed by atoms with E-state index in [4.69, 9.17) is 14.2 Å². The number of ether oxygens (including phenoxy) is 3. The largest absolute Gasteiger partial charge is 0.382 e. The Hall–Kier alpha value is -2.53. The van der Waals surface area contributed by atoms with Gasteiger partial charge in [-0.1, -0.05) is 20.8 Å². The van der Waals surface area contributed by atoms with Gasteiger partial charge in [-0.2, -0.15) is 0 Å². The Kier molecular flexibility index (Phi) is 11.9. The minimum Gasteiger partial charge on any atom is -0.382 e. The number of carbonyl (C=O) groups excluding carboxylic acids is 2. The van der Waals surface area contributed by atoms with Gasteiger partial charge >= 0.3 is 0 Å². The second-order valence-corrected chi connectivity index (χ2v) is 11.6. The van der Waals surface area contributed by atoms with Crippen molar-refractivity contribution in [2.75, 3.05) is 53.7 Å². The molecule has 3 rings (SSSR count). The first kappa shape index (κ1) is 32.0. The number of nitrogens with one attached hydrogen (secondary N) is 2. The molecule has 2 N–H and O–H groups in total. The van der Waals surface area contributed by atoms with Crippen molar-refractivity contribution in [1.82, 2.24) is 20.1 Å². The normalized spacial score (nSPS) is 17.4. The number of nitrogens with zero attached hydrogens (tertiary/aromatic N) is 2. The van der Waals surface area contributed by atoms with E-state index in [1.54, 1.807) is 27.1 Å². The third-order valence-electron chi connectivity index (χ3n) is 7.55. The van der Waals surface area contributed by atoms with E-state index in [1.165, 1.54) is 6.07 Å². The maximum absolute atomic E-state index is 14.2. The lowest BCUT2D eigenvalue weighted by atomic mass is 9.85. The highest BCUT2D eigenvalue weighted by Crippen LogP contribution is 2.30. The summed E-state index contributed by atoms with van der Waals surface area (Å²) in [6.45, 7) is 11.4. The Bertz CT molecular complexity index is 1120. The van der Waals surface area contributed by atoms with Crippen LogP contribution in [0.3, 0.4) is 0 Å². The molecule has 1 aromatic carbocycles. The summed E-state index contributed by atoms with van der Waals surface area (Å²) >= 11 is 0. The van der Waals surface area contributed by atoms with Crippen molar-refractivity contribution in [3.63, 3.8) is 0 Å². The zero-order valence-electron chi connectivity index (χ0n) is 24.9. The number of hydrogen-bond donors (Lipinski definition) is 2. The van der Waals surface area contributed by atoms with Crippen LogP contribution in [0.2, 0.25) is 0 Å². The molecule has 3 atom stereocenters. The highest BCUT2D eigenvalue weighted by atomic mass is 19.1. The summed E-state index contributed by atoms with van der Waals surface area (Å²) in [6.07, 6.45) is 4.50. The molecule has 0 radical (unpaired) electrons. The van der Waals surface area contributed by atoms with Gasteiger partial charge in [-0.05, 0) is 62.4 Å². The molecular weight excluding hydrogens is 515 g/mol. The van der Waals surface area contributed by atoms with E-state index in [1.807, 2.05) is 36.3 Å². The Morgan fingerprint density at radius 1 is 1.12 bits per heavy atom. The molecule has 224 valence electrons. The van der Waals surface area contributed by atoms with Gasteiger partial charge in [0.25, 0.3) is 0 Å². The van der Waals surface area contributed by atoms with Gasteiger partial charge in [-0.3, -0.25) is 9.59 Å². The number of hydrogen-bond acceptors (Lipinski definition) is 6. The van der Waals surface area contributed by atoms with Crippen LogP contribution in [-0.4, -0.2) is 93.1 Å². The monoisotopic (exact) mass is 562 g/mol. The number of aromatic nitrogens is 1.